The van der Waals surface area contributed by atoms with Gasteiger partial charge in [0.05, 0.1) is 18.4 Å². The zero-order valence-corrected chi connectivity index (χ0v) is 15.8. The average Bonchev–Trinajstić information content (AvgIpc) is 3.13. The minimum absolute atomic E-state index is 0.342. The van der Waals surface area contributed by atoms with E-state index in [0.29, 0.717) is 12.2 Å². The third kappa shape index (κ3) is 3.83. The molecule has 24 heavy (non-hydrogen) atoms. The number of anilines is 1. The van der Waals surface area contributed by atoms with E-state index in [0.717, 1.165) is 33.7 Å². The molecule has 5 heteroatoms. The van der Waals surface area contributed by atoms with E-state index in [9.17, 15) is 4.79 Å². The predicted octanol–water partition coefficient (Wildman–Crippen LogP) is 4.26. The van der Waals surface area contributed by atoms with Crippen molar-refractivity contribution in [3.63, 3.8) is 0 Å². The molecule has 0 atom stereocenters. The fraction of sp³-hybridized carbons (Fsp3) is 0.316. The lowest BCUT2D eigenvalue weighted by Gasteiger charge is -2.23. The van der Waals surface area contributed by atoms with Crippen LogP contribution in [0.1, 0.15) is 28.8 Å². The smallest absolute Gasteiger partial charge is 0.338 e. The Hall–Kier alpha value is -1.76. The second kappa shape index (κ2) is 7.88. The molecule has 1 aliphatic rings. The highest BCUT2D eigenvalue weighted by molar-refractivity contribution is 14.1. The number of benzene rings is 2. The summed E-state index contributed by atoms with van der Waals surface area (Å²) in [4.78, 5) is 14.3. The van der Waals surface area contributed by atoms with E-state index in [-0.39, 0.29) is 5.97 Å². The van der Waals surface area contributed by atoms with Gasteiger partial charge in [-0.15, -0.1) is 0 Å². The van der Waals surface area contributed by atoms with Gasteiger partial charge in [0.25, 0.3) is 0 Å². The van der Waals surface area contributed by atoms with Crippen LogP contribution in [0.2, 0.25) is 0 Å². The number of esters is 1. The van der Waals surface area contributed by atoms with Crippen LogP contribution >= 0.6 is 22.6 Å². The summed E-state index contributed by atoms with van der Waals surface area (Å²) in [6, 6.07) is 13.7. The van der Waals surface area contributed by atoms with Gasteiger partial charge in [0.1, 0.15) is 12.4 Å². The zero-order valence-electron chi connectivity index (χ0n) is 13.6. The maximum absolute atomic E-state index is 11.9. The summed E-state index contributed by atoms with van der Waals surface area (Å²) in [6.45, 7) is 2.52. The number of methoxy groups -OCH3 is 1. The maximum Gasteiger partial charge on any atom is 0.338 e. The Morgan fingerprint density at radius 1 is 1.17 bits per heavy atom. The van der Waals surface area contributed by atoms with Gasteiger partial charge < -0.3 is 14.4 Å². The Labute approximate surface area is 155 Å². The van der Waals surface area contributed by atoms with Crippen molar-refractivity contribution >= 4 is 34.2 Å². The number of rotatable bonds is 5. The van der Waals surface area contributed by atoms with E-state index in [2.05, 4.69) is 27.5 Å². The predicted molar refractivity (Wildman–Crippen MR) is 103 cm³/mol. The van der Waals surface area contributed by atoms with Gasteiger partial charge in [-0.05, 0) is 53.1 Å². The van der Waals surface area contributed by atoms with Gasteiger partial charge in [-0.25, -0.2) is 4.79 Å². The van der Waals surface area contributed by atoms with Crippen molar-refractivity contribution in [2.75, 3.05) is 25.1 Å². The fourth-order valence-corrected chi connectivity index (χ4v) is 3.84. The van der Waals surface area contributed by atoms with Crippen molar-refractivity contribution in [2.45, 2.75) is 19.4 Å². The van der Waals surface area contributed by atoms with Crippen molar-refractivity contribution in [3.8, 4) is 5.75 Å². The number of hydrogen-bond acceptors (Lipinski definition) is 4. The van der Waals surface area contributed by atoms with Crippen molar-refractivity contribution in [2.24, 2.45) is 0 Å². The van der Waals surface area contributed by atoms with E-state index in [1.165, 1.54) is 20.0 Å². The molecule has 0 N–H and O–H groups in total. The van der Waals surface area contributed by atoms with Gasteiger partial charge in [-0.2, -0.15) is 0 Å². The van der Waals surface area contributed by atoms with Gasteiger partial charge in [-0.3, -0.25) is 0 Å². The molecule has 0 amide bonds. The highest BCUT2D eigenvalue weighted by Crippen LogP contribution is 2.37. The van der Waals surface area contributed by atoms with E-state index in [4.69, 9.17) is 9.47 Å². The zero-order chi connectivity index (χ0) is 16.9. The fourth-order valence-electron chi connectivity index (χ4n) is 2.90. The largest absolute Gasteiger partial charge is 0.487 e. The summed E-state index contributed by atoms with van der Waals surface area (Å²) in [5.41, 5.74) is 2.70. The van der Waals surface area contributed by atoms with Crippen LogP contribution in [0.15, 0.2) is 42.5 Å². The summed E-state index contributed by atoms with van der Waals surface area (Å²) in [7, 11) is 1.40. The molecule has 0 saturated carbocycles. The lowest BCUT2D eigenvalue weighted by atomic mass is 10.1. The molecule has 1 saturated heterocycles. The minimum Gasteiger partial charge on any atom is -0.487 e. The first-order chi connectivity index (χ1) is 11.7. The number of carbonyl (C=O) groups is 1. The molecule has 2 aromatic rings. The highest BCUT2D eigenvalue weighted by Gasteiger charge is 2.22. The molecule has 0 bridgehead atoms. The summed E-state index contributed by atoms with van der Waals surface area (Å²) >= 11 is 2.28. The molecular formula is C19H20INO3. The van der Waals surface area contributed by atoms with Gasteiger partial charge in [0.2, 0.25) is 0 Å². The van der Waals surface area contributed by atoms with Crippen LogP contribution in [0.25, 0.3) is 0 Å². The molecular weight excluding hydrogens is 417 g/mol. The lowest BCUT2D eigenvalue weighted by molar-refractivity contribution is 0.0600. The highest BCUT2D eigenvalue weighted by atomic mass is 127. The van der Waals surface area contributed by atoms with Crippen molar-refractivity contribution in [1.29, 1.82) is 0 Å². The Kier molecular flexibility index (Phi) is 5.60. The molecule has 0 aliphatic carbocycles. The van der Waals surface area contributed by atoms with Crippen molar-refractivity contribution in [1.82, 2.24) is 0 Å². The second-order valence-electron chi connectivity index (χ2n) is 5.76. The molecule has 1 fully saturated rings. The topological polar surface area (TPSA) is 38.8 Å². The Balaban J connectivity index is 1.93. The molecule has 0 unspecified atom stereocenters. The summed E-state index contributed by atoms with van der Waals surface area (Å²) < 4.78 is 12.0. The van der Waals surface area contributed by atoms with E-state index in [1.54, 1.807) is 6.07 Å². The van der Waals surface area contributed by atoms with Crippen LogP contribution < -0.4 is 9.64 Å². The molecule has 1 heterocycles. The third-order valence-electron chi connectivity index (χ3n) is 4.11. The quantitative estimate of drug-likeness (QED) is 0.518. The maximum atomic E-state index is 11.9. The Morgan fingerprint density at radius 3 is 2.54 bits per heavy atom. The number of halogens is 1. The first-order valence-electron chi connectivity index (χ1n) is 8.02. The number of hydrogen-bond donors (Lipinski definition) is 0. The standard InChI is InChI=1S/C19H20INO3/c1-23-19(22)15-11-16(20)18(21-9-5-6-10-21)17(12-15)24-13-14-7-3-2-4-8-14/h2-4,7-8,11-12H,5-6,9-10,13H2,1H3. The van der Waals surface area contributed by atoms with E-state index in [1.807, 2.05) is 36.4 Å². The molecule has 0 radical (unpaired) electrons. The number of nitrogens with zero attached hydrogens (tertiary/aromatic N) is 1. The first-order valence-corrected chi connectivity index (χ1v) is 9.10. The van der Waals surface area contributed by atoms with Gasteiger partial charge in [0, 0.05) is 16.7 Å². The van der Waals surface area contributed by atoms with Gasteiger partial charge >= 0.3 is 5.97 Å². The van der Waals surface area contributed by atoms with Crippen LogP contribution in [0.3, 0.4) is 0 Å². The second-order valence-corrected chi connectivity index (χ2v) is 6.93. The van der Waals surface area contributed by atoms with Crippen molar-refractivity contribution < 1.29 is 14.3 Å². The molecule has 2 aromatic carbocycles. The van der Waals surface area contributed by atoms with Crippen LogP contribution in [-0.2, 0) is 11.3 Å². The SMILES string of the molecule is COC(=O)c1cc(I)c(N2CCCC2)c(OCc2ccccc2)c1. The molecule has 1 aliphatic heterocycles. The minimum atomic E-state index is -0.342. The normalized spacial score (nSPS) is 13.8. The molecule has 126 valence electrons. The summed E-state index contributed by atoms with van der Waals surface area (Å²) in [6.07, 6.45) is 2.37. The lowest BCUT2D eigenvalue weighted by Crippen LogP contribution is -2.20. The van der Waals surface area contributed by atoms with E-state index < -0.39 is 0 Å². The van der Waals surface area contributed by atoms with Crippen molar-refractivity contribution in [3.05, 3.63) is 57.2 Å². The molecule has 4 nitrogen and oxygen atoms in total. The summed E-state index contributed by atoms with van der Waals surface area (Å²) in [5.74, 6) is 0.401. The monoisotopic (exact) mass is 437 g/mol. The number of ether oxygens (including phenoxy) is 2. The molecule has 0 aromatic heterocycles. The van der Waals surface area contributed by atoms with Crippen LogP contribution in [0.4, 0.5) is 5.69 Å². The molecule has 0 spiro atoms. The van der Waals surface area contributed by atoms with Gasteiger partial charge in [-0.1, -0.05) is 30.3 Å². The van der Waals surface area contributed by atoms with Crippen LogP contribution in [0, 0.1) is 3.57 Å². The average molecular weight is 437 g/mol. The Morgan fingerprint density at radius 2 is 1.88 bits per heavy atom. The third-order valence-corrected chi connectivity index (χ3v) is 4.93. The molecule has 3 rings (SSSR count). The first kappa shape index (κ1) is 17.1. The summed E-state index contributed by atoms with van der Waals surface area (Å²) in [5, 5.41) is 0. The number of carbonyl (C=O) groups excluding carboxylic acids is 1. The van der Waals surface area contributed by atoms with Crippen LogP contribution in [0.5, 0.6) is 5.75 Å². The van der Waals surface area contributed by atoms with Crippen LogP contribution in [-0.4, -0.2) is 26.2 Å². The van der Waals surface area contributed by atoms with Gasteiger partial charge in [0.15, 0.2) is 0 Å². The van der Waals surface area contributed by atoms with E-state index >= 15 is 0 Å². The Bertz CT molecular complexity index is 712.